The van der Waals surface area contributed by atoms with E-state index in [0.717, 1.165) is 30.0 Å². The normalized spacial score (nSPS) is 22.5. The van der Waals surface area contributed by atoms with Crippen molar-refractivity contribution in [3.63, 3.8) is 0 Å². The van der Waals surface area contributed by atoms with Crippen molar-refractivity contribution in [3.8, 4) is 10.6 Å². The van der Waals surface area contributed by atoms with E-state index in [9.17, 15) is 4.79 Å². The van der Waals surface area contributed by atoms with Crippen molar-refractivity contribution in [1.29, 1.82) is 0 Å². The van der Waals surface area contributed by atoms with Gasteiger partial charge >= 0.3 is 0 Å². The maximum Gasteiger partial charge on any atom is 0.273 e. The summed E-state index contributed by atoms with van der Waals surface area (Å²) in [6.07, 6.45) is 5.25. The van der Waals surface area contributed by atoms with Crippen LogP contribution >= 0.6 is 11.3 Å². The first-order chi connectivity index (χ1) is 10.2. The van der Waals surface area contributed by atoms with Gasteiger partial charge in [-0.2, -0.15) is 0 Å². The third kappa shape index (κ3) is 2.87. The van der Waals surface area contributed by atoms with E-state index in [1.54, 1.807) is 12.5 Å². The Balaban J connectivity index is 1.78. The summed E-state index contributed by atoms with van der Waals surface area (Å²) in [4.78, 5) is 19.0. The topological polar surface area (TPSA) is 72.4 Å². The molecule has 2 atom stereocenters. The van der Waals surface area contributed by atoms with Crippen LogP contribution in [-0.4, -0.2) is 34.9 Å². The molecule has 6 heteroatoms. The van der Waals surface area contributed by atoms with Crippen LogP contribution in [-0.2, 0) is 0 Å². The predicted octanol–water partition coefficient (Wildman–Crippen LogP) is 2.60. The van der Waals surface area contributed by atoms with E-state index in [-0.39, 0.29) is 11.9 Å². The van der Waals surface area contributed by atoms with Crippen molar-refractivity contribution in [2.75, 3.05) is 13.1 Å². The smallest absolute Gasteiger partial charge is 0.273 e. The van der Waals surface area contributed by atoms with Gasteiger partial charge in [-0.05, 0) is 24.8 Å². The first-order valence-electron chi connectivity index (χ1n) is 7.18. The molecule has 1 aliphatic heterocycles. The minimum Gasteiger partial charge on any atom is -0.472 e. The molecule has 2 aromatic heterocycles. The van der Waals surface area contributed by atoms with E-state index in [2.05, 4.69) is 11.9 Å². The Hall–Kier alpha value is -1.66. The van der Waals surface area contributed by atoms with Crippen molar-refractivity contribution in [2.24, 2.45) is 11.7 Å². The summed E-state index contributed by atoms with van der Waals surface area (Å²) < 4.78 is 5.06. The number of hydrogen-bond acceptors (Lipinski definition) is 5. The summed E-state index contributed by atoms with van der Waals surface area (Å²) >= 11 is 1.46. The van der Waals surface area contributed by atoms with E-state index in [1.165, 1.54) is 11.3 Å². The van der Waals surface area contributed by atoms with Crippen LogP contribution in [0.15, 0.2) is 28.4 Å². The van der Waals surface area contributed by atoms with E-state index < -0.39 is 0 Å². The lowest BCUT2D eigenvalue weighted by atomic mass is 9.92. The van der Waals surface area contributed by atoms with Gasteiger partial charge in [-0.15, -0.1) is 11.3 Å². The molecule has 0 aromatic carbocycles. The Morgan fingerprint density at radius 3 is 3.19 bits per heavy atom. The van der Waals surface area contributed by atoms with Crippen molar-refractivity contribution >= 4 is 17.2 Å². The fraction of sp³-hybridized carbons (Fsp3) is 0.467. The molecule has 0 radical (unpaired) electrons. The lowest BCUT2D eigenvalue weighted by Gasteiger charge is -2.37. The standard InChI is InChI=1S/C15H19N3O2S/c1-10-2-4-18(12(6-10)7-16)15(19)13-9-21-14(17-13)11-3-5-20-8-11/h3,5,8-10,12H,2,4,6-7,16H2,1H3. The number of thiazole rings is 1. The van der Waals surface area contributed by atoms with Crippen LogP contribution in [0.5, 0.6) is 0 Å². The highest BCUT2D eigenvalue weighted by Crippen LogP contribution is 2.27. The predicted molar refractivity (Wildman–Crippen MR) is 82.1 cm³/mol. The second kappa shape index (κ2) is 5.99. The molecule has 1 fully saturated rings. The molecule has 0 aliphatic carbocycles. The minimum atomic E-state index is -0.0108. The van der Waals surface area contributed by atoms with E-state index in [1.807, 2.05) is 16.3 Å². The number of likely N-dealkylation sites (tertiary alicyclic amines) is 1. The quantitative estimate of drug-likeness (QED) is 0.946. The highest BCUT2D eigenvalue weighted by atomic mass is 32.1. The molecular formula is C15H19N3O2S. The van der Waals surface area contributed by atoms with Gasteiger partial charge in [-0.1, -0.05) is 6.92 Å². The molecule has 21 heavy (non-hydrogen) atoms. The Bertz CT molecular complexity index is 608. The molecule has 1 aliphatic rings. The molecule has 2 aromatic rings. The number of nitrogens with two attached hydrogens (primary N) is 1. The summed E-state index contributed by atoms with van der Waals surface area (Å²) in [5.41, 5.74) is 7.24. The van der Waals surface area contributed by atoms with Crippen LogP contribution in [0.4, 0.5) is 0 Å². The molecule has 0 spiro atoms. The lowest BCUT2D eigenvalue weighted by Crippen LogP contribution is -2.49. The van der Waals surface area contributed by atoms with Crippen LogP contribution in [0, 0.1) is 5.92 Å². The Morgan fingerprint density at radius 2 is 2.48 bits per heavy atom. The van der Waals surface area contributed by atoms with Gasteiger partial charge in [0.1, 0.15) is 17.0 Å². The highest BCUT2D eigenvalue weighted by molar-refractivity contribution is 7.13. The summed E-state index contributed by atoms with van der Waals surface area (Å²) in [6.45, 7) is 3.49. The van der Waals surface area contributed by atoms with Gasteiger partial charge in [0.15, 0.2) is 0 Å². The van der Waals surface area contributed by atoms with Gasteiger partial charge in [0.2, 0.25) is 0 Å². The van der Waals surface area contributed by atoms with Crippen LogP contribution in [0.1, 0.15) is 30.3 Å². The molecule has 2 unspecified atom stereocenters. The molecule has 3 rings (SSSR count). The third-order valence-corrected chi connectivity index (χ3v) is 4.89. The van der Waals surface area contributed by atoms with Crippen molar-refractivity contribution in [1.82, 2.24) is 9.88 Å². The fourth-order valence-corrected chi connectivity index (χ4v) is 3.56. The second-order valence-corrected chi connectivity index (χ2v) is 6.43. The average Bonchev–Trinajstić information content (AvgIpc) is 3.17. The molecule has 3 heterocycles. The van der Waals surface area contributed by atoms with Gasteiger partial charge < -0.3 is 15.1 Å². The minimum absolute atomic E-state index is 0.0108. The molecule has 1 saturated heterocycles. The maximum atomic E-state index is 12.6. The average molecular weight is 305 g/mol. The monoisotopic (exact) mass is 305 g/mol. The number of amides is 1. The zero-order valence-corrected chi connectivity index (χ0v) is 12.8. The SMILES string of the molecule is CC1CCN(C(=O)c2csc(-c3ccoc3)n2)C(CN)C1. The number of aromatic nitrogens is 1. The van der Waals surface area contributed by atoms with Crippen LogP contribution in [0.25, 0.3) is 10.6 Å². The number of carbonyl (C=O) groups excluding carboxylic acids is 1. The Kier molecular flexibility index (Phi) is 4.07. The molecular weight excluding hydrogens is 286 g/mol. The van der Waals surface area contributed by atoms with Crippen LogP contribution < -0.4 is 5.73 Å². The van der Waals surface area contributed by atoms with Crippen molar-refractivity contribution < 1.29 is 9.21 Å². The summed E-state index contributed by atoms with van der Waals surface area (Å²) in [5, 5.41) is 2.62. The maximum absolute atomic E-state index is 12.6. The van der Waals surface area contributed by atoms with Crippen LogP contribution in [0.2, 0.25) is 0 Å². The van der Waals surface area contributed by atoms with Crippen LogP contribution in [0.3, 0.4) is 0 Å². The van der Waals surface area contributed by atoms with Crippen molar-refractivity contribution in [2.45, 2.75) is 25.8 Å². The first kappa shape index (κ1) is 14.3. The summed E-state index contributed by atoms with van der Waals surface area (Å²) in [6, 6.07) is 1.97. The van der Waals surface area contributed by atoms with Crippen molar-refractivity contribution in [3.05, 3.63) is 29.7 Å². The second-order valence-electron chi connectivity index (χ2n) is 5.57. The van der Waals surface area contributed by atoms with Gasteiger partial charge in [0.25, 0.3) is 5.91 Å². The number of rotatable bonds is 3. The molecule has 1 amide bonds. The molecule has 2 N–H and O–H groups in total. The lowest BCUT2D eigenvalue weighted by molar-refractivity contribution is 0.0568. The molecule has 0 saturated carbocycles. The Labute approximate surface area is 127 Å². The zero-order valence-electron chi connectivity index (χ0n) is 12.0. The number of carbonyl (C=O) groups is 1. The number of hydrogen-bond donors (Lipinski definition) is 1. The molecule has 0 bridgehead atoms. The first-order valence-corrected chi connectivity index (χ1v) is 8.06. The highest BCUT2D eigenvalue weighted by Gasteiger charge is 2.30. The van der Waals surface area contributed by atoms with Gasteiger partial charge in [0, 0.05) is 30.1 Å². The van der Waals surface area contributed by atoms with E-state index >= 15 is 0 Å². The van der Waals surface area contributed by atoms with E-state index in [4.69, 9.17) is 10.2 Å². The fourth-order valence-electron chi connectivity index (χ4n) is 2.78. The largest absolute Gasteiger partial charge is 0.472 e. The van der Waals surface area contributed by atoms with Gasteiger partial charge in [0.05, 0.1) is 6.26 Å². The van der Waals surface area contributed by atoms with Gasteiger partial charge in [-0.3, -0.25) is 4.79 Å². The zero-order chi connectivity index (χ0) is 14.8. The molecule has 5 nitrogen and oxygen atoms in total. The Morgan fingerprint density at radius 1 is 1.62 bits per heavy atom. The summed E-state index contributed by atoms with van der Waals surface area (Å²) in [7, 11) is 0. The van der Waals surface area contributed by atoms with E-state index in [0.29, 0.717) is 18.2 Å². The van der Waals surface area contributed by atoms with Gasteiger partial charge in [-0.25, -0.2) is 4.98 Å². The molecule has 112 valence electrons. The number of piperidine rings is 1. The third-order valence-electron chi connectivity index (χ3n) is 4.00. The number of nitrogens with zero attached hydrogens (tertiary/aromatic N) is 2. The number of furan rings is 1. The summed E-state index contributed by atoms with van der Waals surface area (Å²) in [5.74, 6) is 0.614.